The first-order chi connectivity index (χ1) is 11.0. The third kappa shape index (κ3) is 4.10. The van der Waals surface area contributed by atoms with E-state index in [2.05, 4.69) is 0 Å². The number of rotatable bonds is 5. The Balaban J connectivity index is 2.37. The number of ether oxygens (including phenoxy) is 1. The van der Waals surface area contributed by atoms with Crippen molar-refractivity contribution in [2.45, 2.75) is 19.4 Å². The lowest BCUT2D eigenvalue weighted by Gasteiger charge is -2.29. The number of carbonyl (C=O) groups excluding carboxylic acids is 2. The van der Waals surface area contributed by atoms with E-state index in [0.717, 1.165) is 5.56 Å². The van der Waals surface area contributed by atoms with Gasteiger partial charge in [0.05, 0.1) is 7.11 Å². The van der Waals surface area contributed by atoms with Crippen LogP contribution in [0.4, 0.5) is 5.69 Å². The van der Waals surface area contributed by atoms with Crippen LogP contribution in [0.25, 0.3) is 0 Å². The van der Waals surface area contributed by atoms with Crippen LogP contribution < -0.4 is 4.90 Å². The summed E-state index contributed by atoms with van der Waals surface area (Å²) in [7, 11) is 1.30. The summed E-state index contributed by atoms with van der Waals surface area (Å²) < 4.78 is 4.88. The topological polar surface area (TPSA) is 66.8 Å². The maximum Gasteiger partial charge on any atom is 0.329 e. The lowest BCUT2D eigenvalue weighted by atomic mass is 10.0. The number of aromatic hydroxyl groups is 1. The zero-order valence-electron chi connectivity index (χ0n) is 13.1. The van der Waals surface area contributed by atoms with Gasteiger partial charge in [-0.2, -0.15) is 0 Å². The quantitative estimate of drug-likeness (QED) is 0.861. The van der Waals surface area contributed by atoms with Gasteiger partial charge in [-0.25, -0.2) is 4.79 Å². The first-order valence-electron chi connectivity index (χ1n) is 7.23. The van der Waals surface area contributed by atoms with Crippen LogP contribution in [0.5, 0.6) is 5.75 Å². The fourth-order valence-electron chi connectivity index (χ4n) is 2.44. The Bertz CT molecular complexity index is 667. The largest absolute Gasteiger partial charge is 0.508 e. The molecular formula is C18H19NO4. The minimum Gasteiger partial charge on any atom is -0.508 e. The number of amides is 1. The molecule has 2 aromatic rings. The smallest absolute Gasteiger partial charge is 0.329 e. The maximum absolute atomic E-state index is 12.2. The summed E-state index contributed by atoms with van der Waals surface area (Å²) in [5.41, 5.74) is 1.45. The van der Waals surface area contributed by atoms with Gasteiger partial charge in [0.25, 0.3) is 0 Å². The molecule has 0 radical (unpaired) electrons. The number of phenols is 1. The molecule has 1 N–H and O–H groups in total. The zero-order valence-corrected chi connectivity index (χ0v) is 13.1. The molecule has 2 rings (SSSR count). The summed E-state index contributed by atoms with van der Waals surface area (Å²) >= 11 is 0. The number of phenolic OH excluding ortho intramolecular Hbond substituents is 1. The average molecular weight is 313 g/mol. The van der Waals surface area contributed by atoms with Gasteiger partial charge >= 0.3 is 5.97 Å². The number of nitrogens with zero attached hydrogens (tertiary/aromatic N) is 1. The van der Waals surface area contributed by atoms with Gasteiger partial charge in [-0.3, -0.25) is 9.69 Å². The van der Waals surface area contributed by atoms with Crippen molar-refractivity contribution in [2.24, 2.45) is 0 Å². The number of hydrogen-bond donors (Lipinski definition) is 1. The normalized spacial score (nSPS) is 11.6. The van der Waals surface area contributed by atoms with Crippen molar-refractivity contribution in [2.75, 3.05) is 12.0 Å². The third-order valence-electron chi connectivity index (χ3n) is 3.52. The molecule has 0 aliphatic heterocycles. The molecule has 1 atom stereocenters. The van der Waals surface area contributed by atoms with E-state index in [9.17, 15) is 14.7 Å². The number of carbonyl (C=O) groups is 2. The molecule has 5 nitrogen and oxygen atoms in total. The highest BCUT2D eigenvalue weighted by atomic mass is 16.5. The summed E-state index contributed by atoms with van der Waals surface area (Å²) in [6, 6.07) is 14.7. The molecule has 2 aromatic carbocycles. The van der Waals surface area contributed by atoms with Gasteiger partial charge in [0.2, 0.25) is 5.91 Å². The number of para-hydroxylation sites is 1. The van der Waals surface area contributed by atoms with E-state index in [0.29, 0.717) is 12.1 Å². The standard InChI is InChI=1S/C18H19NO4/c1-13(20)19(15-6-4-3-5-7-15)17(18(22)23-2)12-14-8-10-16(21)11-9-14/h3-11,17,21H,12H2,1-2H3/t17-/m0/s1. The first-order valence-corrected chi connectivity index (χ1v) is 7.23. The van der Waals surface area contributed by atoms with Gasteiger partial charge in [0.15, 0.2) is 0 Å². The number of hydrogen-bond acceptors (Lipinski definition) is 4. The predicted octanol–water partition coefficient (Wildman–Crippen LogP) is 2.53. The first kappa shape index (κ1) is 16.5. The Labute approximate surface area is 135 Å². The highest BCUT2D eigenvalue weighted by molar-refractivity contribution is 5.98. The Morgan fingerprint density at radius 1 is 1.09 bits per heavy atom. The van der Waals surface area contributed by atoms with Gasteiger partial charge < -0.3 is 9.84 Å². The fraction of sp³-hybridized carbons (Fsp3) is 0.222. The summed E-state index contributed by atoms with van der Waals surface area (Å²) in [4.78, 5) is 25.8. The second-order valence-corrected chi connectivity index (χ2v) is 5.13. The van der Waals surface area contributed by atoms with E-state index < -0.39 is 12.0 Å². The molecule has 0 unspecified atom stereocenters. The number of anilines is 1. The van der Waals surface area contributed by atoms with Crippen LogP contribution in [0.1, 0.15) is 12.5 Å². The molecule has 5 heteroatoms. The van der Waals surface area contributed by atoms with E-state index in [1.807, 2.05) is 6.07 Å². The molecule has 120 valence electrons. The van der Waals surface area contributed by atoms with Crippen LogP contribution in [0, 0.1) is 0 Å². The van der Waals surface area contributed by atoms with Gasteiger partial charge in [0, 0.05) is 19.0 Å². The highest BCUT2D eigenvalue weighted by Crippen LogP contribution is 2.21. The molecule has 0 saturated carbocycles. The zero-order chi connectivity index (χ0) is 16.8. The van der Waals surface area contributed by atoms with Crippen LogP contribution in [-0.2, 0) is 20.7 Å². The molecule has 0 saturated heterocycles. The van der Waals surface area contributed by atoms with Gasteiger partial charge in [-0.15, -0.1) is 0 Å². The maximum atomic E-state index is 12.2. The van der Waals surface area contributed by atoms with Crippen molar-refractivity contribution in [1.82, 2.24) is 0 Å². The average Bonchev–Trinajstić information content (AvgIpc) is 2.56. The molecule has 0 aromatic heterocycles. The monoisotopic (exact) mass is 313 g/mol. The van der Waals surface area contributed by atoms with Crippen LogP contribution in [-0.4, -0.2) is 30.1 Å². The van der Waals surface area contributed by atoms with Crippen LogP contribution in [0.15, 0.2) is 54.6 Å². The van der Waals surface area contributed by atoms with E-state index in [4.69, 9.17) is 4.74 Å². The highest BCUT2D eigenvalue weighted by Gasteiger charge is 2.30. The third-order valence-corrected chi connectivity index (χ3v) is 3.52. The molecule has 0 aliphatic rings. The molecule has 0 aliphatic carbocycles. The molecule has 0 fully saturated rings. The lowest BCUT2D eigenvalue weighted by Crippen LogP contribution is -2.46. The van der Waals surface area contributed by atoms with E-state index >= 15 is 0 Å². The summed E-state index contributed by atoms with van der Waals surface area (Å²) in [6.07, 6.45) is 0.293. The van der Waals surface area contributed by atoms with Crippen LogP contribution in [0.3, 0.4) is 0 Å². The molecule has 0 heterocycles. The summed E-state index contributed by atoms with van der Waals surface area (Å²) in [5.74, 6) is -0.586. The van der Waals surface area contributed by atoms with Crippen LogP contribution >= 0.6 is 0 Å². The molecule has 0 spiro atoms. The van der Waals surface area contributed by atoms with E-state index in [-0.39, 0.29) is 11.7 Å². The van der Waals surface area contributed by atoms with Crippen molar-refractivity contribution >= 4 is 17.6 Å². The van der Waals surface area contributed by atoms with E-state index in [1.165, 1.54) is 18.9 Å². The van der Waals surface area contributed by atoms with Crippen LogP contribution in [0.2, 0.25) is 0 Å². The van der Waals surface area contributed by atoms with Crippen molar-refractivity contribution in [1.29, 1.82) is 0 Å². The van der Waals surface area contributed by atoms with Crippen molar-refractivity contribution in [3.8, 4) is 5.75 Å². The van der Waals surface area contributed by atoms with Gasteiger partial charge in [-0.1, -0.05) is 30.3 Å². The van der Waals surface area contributed by atoms with Gasteiger partial charge in [0.1, 0.15) is 11.8 Å². The van der Waals surface area contributed by atoms with Crippen molar-refractivity contribution in [3.05, 3.63) is 60.2 Å². The number of methoxy groups -OCH3 is 1. The second-order valence-electron chi connectivity index (χ2n) is 5.13. The Morgan fingerprint density at radius 2 is 1.70 bits per heavy atom. The summed E-state index contributed by atoms with van der Waals surface area (Å²) in [5, 5.41) is 9.37. The summed E-state index contributed by atoms with van der Waals surface area (Å²) in [6.45, 7) is 1.42. The van der Waals surface area contributed by atoms with E-state index in [1.54, 1.807) is 48.5 Å². The molecule has 1 amide bonds. The van der Waals surface area contributed by atoms with Gasteiger partial charge in [-0.05, 0) is 29.8 Å². The minimum atomic E-state index is -0.774. The Morgan fingerprint density at radius 3 is 2.22 bits per heavy atom. The minimum absolute atomic E-state index is 0.148. The Hall–Kier alpha value is -2.82. The van der Waals surface area contributed by atoms with Crippen molar-refractivity contribution in [3.63, 3.8) is 0 Å². The molecule has 0 bridgehead atoms. The number of benzene rings is 2. The molecular weight excluding hydrogens is 294 g/mol. The fourth-order valence-corrected chi connectivity index (χ4v) is 2.44. The molecule has 23 heavy (non-hydrogen) atoms. The van der Waals surface area contributed by atoms with Crippen molar-refractivity contribution < 1.29 is 19.4 Å². The number of esters is 1. The second kappa shape index (κ2) is 7.45. The Kier molecular flexibility index (Phi) is 5.36. The predicted molar refractivity (Wildman–Crippen MR) is 87.2 cm³/mol. The SMILES string of the molecule is COC(=O)[C@H](Cc1ccc(O)cc1)N(C(C)=O)c1ccccc1. The lowest BCUT2D eigenvalue weighted by molar-refractivity contribution is -0.143.